The van der Waals surface area contributed by atoms with Gasteiger partial charge >= 0.3 is 0 Å². The van der Waals surface area contributed by atoms with Crippen molar-refractivity contribution in [3.05, 3.63) is 11.8 Å². The van der Waals surface area contributed by atoms with Crippen LogP contribution in [0.3, 0.4) is 0 Å². The summed E-state index contributed by atoms with van der Waals surface area (Å²) in [6, 6.07) is 0. The summed E-state index contributed by atoms with van der Waals surface area (Å²) in [4.78, 5) is 2.61. The third-order valence-electron chi connectivity index (χ3n) is 2.88. The van der Waals surface area contributed by atoms with E-state index in [4.69, 9.17) is 0 Å². The summed E-state index contributed by atoms with van der Waals surface area (Å²) in [5.41, 5.74) is 1.68. The van der Waals surface area contributed by atoms with Crippen LogP contribution in [0, 0.1) is 5.92 Å². The lowest BCUT2D eigenvalue weighted by atomic mass is 10.2. The van der Waals surface area contributed by atoms with Crippen molar-refractivity contribution in [2.75, 3.05) is 13.1 Å². The summed E-state index contributed by atoms with van der Waals surface area (Å²) in [6.45, 7) is 4.89. The molecule has 2 aliphatic rings. The molecule has 0 aromatic carbocycles. The molecule has 1 heterocycles. The molecular weight excluding hydrogens is 146 g/mol. The van der Waals surface area contributed by atoms with Crippen LogP contribution in [0.1, 0.15) is 39.0 Å². The molecule has 0 unspecified atom stereocenters. The van der Waals surface area contributed by atoms with Crippen LogP contribution in [-0.4, -0.2) is 18.0 Å². The first-order valence-electron chi connectivity index (χ1n) is 5.37. The van der Waals surface area contributed by atoms with Gasteiger partial charge in [0.05, 0.1) is 0 Å². The van der Waals surface area contributed by atoms with Gasteiger partial charge in [0.25, 0.3) is 0 Å². The molecule has 1 heteroatoms. The number of allylic oxidation sites excluding steroid dienone is 2. The molecule has 0 aromatic rings. The first-order valence-corrected chi connectivity index (χ1v) is 5.37. The molecule has 0 bridgehead atoms. The van der Waals surface area contributed by atoms with Gasteiger partial charge in [-0.15, -0.1) is 0 Å². The molecule has 68 valence electrons. The summed E-state index contributed by atoms with van der Waals surface area (Å²) in [5, 5.41) is 0. The molecule has 0 N–H and O–H groups in total. The van der Waals surface area contributed by atoms with Crippen LogP contribution in [0.5, 0.6) is 0 Å². The van der Waals surface area contributed by atoms with Gasteiger partial charge in [-0.25, -0.2) is 0 Å². The van der Waals surface area contributed by atoms with Gasteiger partial charge in [0.2, 0.25) is 0 Å². The monoisotopic (exact) mass is 165 g/mol. The van der Waals surface area contributed by atoms with Crippen molar-refractivity contribution in [2.24, 2.45) is 5.92 Å². The van der Waals surface area contributed by atoms with Crippen LogP contribution < -0.4 is 0 Å². The van der Waals surface area contributed by atoms with Crippen molar-refractivity contribution in [1.82, 2.24) is 4.90 Å². The molecule has 0 aromatic heterocycles. The number of hydrogen-bond donors (Lipinski definition) is 0. The first-order chi connectivity index (χ1) is 5.92. The van der Waals surface area contributed by atoms with E-state index in [1.807, 2.05) is 0 Å². The quantitative estimate of drug-likeness (QED) is 0.621. The van der Waals surface area contributed by atoms with Gasteiger partial charge < -0.3 is 4.90 Å². The number of hydrogen-bond acceptors (Lipinski definition) is 1. The molecule has 2 fully saturated rings. The molecule has 2 rings (SSSR count). The molecule has 1 saturated carbocycles. The van der Waals surface area contributed by atoms with Gasteiger partial charge in [-0.1, -0.05) is 13.0 Å². The van der Waals surface area contributed by atoms with E-state index in [1.54, 1.807) is 5.70 Å². The first kappa shape index (κ1) is 8.15. The lowest BCUT2D eigenvalue weighted by Gasteiger charge is -2.21. The van der Waals surface area contributed by atoms with E-state index in [2.05, 4.69) is 17.9 Å². The standard InChI is InChI=1S/C11H19N/c1-2-5-11(10-6-7-10)12-8-3-4-9-12/h5,10H,2-4,6-9H2,1H3/b11-5-. The zero-order chi connectivity index (χ0) is 8.39. The van der Waals surface area contributed by atoms with Crippen molar-refractivity contribution < 1.29 is 0 Å². The lowest BCUT2D eigenvalue weighted by Crippen LogP contribution is -2.19. The lowest BCUT2D eigenvalue weighted by molar-refractivity contribution is 0.400. The highest BCUT2D eigenvalue weighted by molar-refractivity contribution is 5.12. The normalized spacial score (nSPS) is 25.1. The van der Waals surface area contributed by atoms with Gasteiger partial charge in [-0.2, -0.15) is 0 Å². The fourth-order valence-corrected chi connectivity index (χ4v) is 2.12. The highest BCUT2D eigenvalue weighted by Crippen LogP contribution is 2.39. The van der Waals surface area contributed by atoms with Crippen LogP contribution in [0.25, 0.3) is 0 Å². The summed E-state index contributed by atoms with van der Waals surface area (Å²) in [7, 11) is 0. The topological polar surface area (TPSA) is 3.24 Å². The Morgan fingerprint density at radius 1 is 1.33 bits per heavy atom. The van der Waals surface area contributed by atoms with Crippen molar-refractivity contribution >= 4 is 0 Å². The predicted molar refractivity (Wildman–Crippen MR) is 51.9 cm³/mol. The average molecular weight is 165 g/mol. The average Bonchev–Trinajstić information content (AvgIpc) is 2.77. The highest BCUT2D eigenvalue weighted by Gasteiger charge is 2.30. The minimum atomic E-state index is 0.947. The van der Waals surface area contributed by atoms with E-state index >= 15 is 0 Å². The van der Waals surface area contributed by atoms with Gasteiger partial charge in [0, 0.05) is 18.8 Å². The van der Waals surface area contributed by atoms with Crippen molar-refractivity contribution in [3.8, 4) is 0 Å². The van der Waals surface area contributed by atoms with E-state index in [0.717, 1.165) is 5.92 Å². The third-order valence-corrected chi connectivity index (χ3v) is 2.88. The molecule has 12 heavy (non-hydrogen) atoms. The number of rotatable bonds is 3. The number of likely N-dealkylation sites (tertiary alicyclic amines) is 1. The van der Waals surface area contributed by atoms with Crippen molar-refractivity contribution in [1.29, 1.82) is 0 Å². The maximum atomic E-state index is 2.61. The van der Waals surface area contributed by atoms with E-state index in [9.17, 15) is 0 Å². The largest absolute Gasteiger partial charge is 0.375 e. The second-order valence-electron chi connectivity index (χ2n) is 4.01. The Balaban J connectivity index is 1.99. The van der Waals surface area contributed by atoms with Gasteiger partial charge in [-0.3, -0.25) is 0 Å². The van der Waals surface area contributed by atoms with Crippen LogP contribution in [-0.2, 0) is 0 Å². The molecule has 0 amide bonds. The molecular formula is C11H19N. The minimum absolute atomic E-state index is 0.947. The maximum Gasteiger partial charge on any atom is 0.0175 e. The van der Waals surface area contributed by atoms with E-state index < -0.39 is 0 Å². The van der Waals surface area contributed by atoms with Crippen molar-refractivity contribution in [2.45, 2.75) is 39.0 Å². The Hall–Kier alpha value is -0.460. The van der Waals surface area contributed by atoms with Crippen LogP contribution >= 0.6 is 0 Å². The zero-order valence-corrected chi connectivity index (χ0v) is 8.05. The van der Waals surface area contributed by atoms with Crippen LogP contribution in [0.4, 0.5) is 0 Å². The maximum absolute atomic E-state index is 2.61. The second kappa shape index (κ2) is 3.51. The Labute approximate surface area is 75.4 Å². The Morgan fingerprint density at radius 2 is 2.00 bits per heavy atom. The molecule has 1 nitrogen and oxygen atoms in total. The Morgan fingerprint density at radius 3 is 2.50 bits per heavy atom. The molecule has 1 aliphatic carbocycles. The number of nitrogens with zero attached hydrogens (tertiary/aromatic N) is 1. The molecule has 1 saturated heterocycles. The fraction of sp³-hybridized carbons (Fsp3) is 0.818. The van der Waals surface area contributed by atoms with Crippen molar-refractivity contribution in [3.63, 3.8) is 0 Å². The Bertz CT molecular complexity index is 173. The molecule has 0 radical (unpaired) electrons. The van der Waals surface area contributed by atoms with E-state index in [0.29, 0.717) is 0 Å². The fourth-order valence-electron chi connectivity index (χ4n) is 2.12. The predicted octanol–water partition coefficient (Wildman–Crippen LogP) is 2.79. The SMILES string of the molecule is CC/C=C(/C1CC1)N1CCCC1. The Kier molecular flexibility index (Phi) is 2.38. The van der Waals surface area contributed by atoms with E-state index in [1.165, 1.54) is 45.2 Å². The molecule has 0 spiro atoms. The second-order valence-corrected chi connectivity index (χ2v) is 4.01. The summed E-state index contributed by atoms with van der Waals surface area (Å²) < 4.78 is 0. The van der Waals surface area contributed by atoms with E-state index in [-0.39, 0.29) is 0 Å². The van der Waals surface area contributed by atoms with Crippen LogP contribution in [0.2, 0.25) is 0 Å². The van der Waals surface area contributed by atoms with Crippen LogP contribution in [0.15, 0.2) is 11.8 Å². The summed E-state index contributed by atoms with van der Waals surface area (Å²) in [6.07, 6.45) is 9.37. The smallest absolute Gasteiger partial charge is 0.0175 e. The van der Waals surface area contributed by atoms with Gasteiger partial charge in [0.1, 0.15) is 0 Å². The molecule has 0 atom stereocenters. The van der Waals surface area contributed by atoms with Gasteiger partial charge in [-0.05, 0) is 38.0 Å². The highest BCUT2D eigenvalue weighted by atomic mass is 15.2. The summed E-state index contributed by atoms with van der Waals surface area (Å²) in [5.74, 6) is 0.947. The van der Waals surface area contributed by atoms with Gasteiger partial charge in [0.15, 0.2) is 0 Å². The minimum Gasteiger partial charge on any atom is -0.375 e. The molecule has 1 aliphatic heterocycles. The zero-order valence-electron chi connectivity index (χ0n) is 8.05. The summed E-state index contributed by atoms with van der Waals surface area (Å²) >= 11 is 0. The third kappa shape index (κ3) is 1.65.